The maximum absolute atomic E-state index is 13.8. The number of rotatable bonds is 11. The average molecular weight is 495 g/mol. The van der Waals surface area contributed by atoms with E-state index in [1.54, 1.807) is 30.0 Å². The van der Waals surface area contributed by atoms with Crippen LogP contribution in [0.25, 0.3) is 0 Å². The Morgan fingerprint density at radius 1 is 1.17 bits per heavy atom. The third-order valence-corrected chi connectivity index (χ3v) is 6.20. The summed E-state index contributed by atoms with van der Waals surface area (Å²) in [6, 6.07) is 13.7. The smallest absolute Gasteiger partial charge is 0.242 e. The molecule has 0 bridgehead atoms. The van der Waals surface area contributed by atoms with Crippen molar-refractivity contribution in [2.75, 3.05) is 12.3 Å². The van der Waals surface area contributed by atoms with Crippen LogP contribution in [-0.4, -0.2) is 35.1 Å². The molecule has 0 aliphatic heterocycles. The summed E-state index contributed by atoms with van der Waals surface area (Å²) in [4.78, 5) is 27.2. The molecule has 0 aromatic heterocycles. The Kier molecular flexibility index (Phi) is 10.4. The van der Waals surface area contributed by atoms with Crippen LogP contribution in [0.2, 0.25) is 0 Å². The SMILES string of the molecule is CCCCNC(=O)[C@H](C)N(Cc1ccc(Br)cc1)C(=O)CSCc1ccccc1F. The number of thioether (sulfide) groups is 1. The lowest BCUT2D eigenvalue weighted by Gasteiger charge is -2.29. The minimum absolute atomic E-state index is 0.141. The molecule has 30 heavy (non-hydrogen) atoms. The van der Waals surface area contributed by atoms with Crippen LogP contribution in [0.4, 0.5) is 4.39 Å². The van der Waals surface area contributed by atoms with Crippen LogP contribution < -0.4 is 5.32 Å². The number of carbonyl (C=O) groups is 2. The second-order valence-electron chi connectivity index (χ2n) is 7.05. The number of unbranched alkanes of at least 4 members (excludes halogenated alkanes) is 1. The van der Waals surface area contributed by atoms with E-state index >= 15 is 0 Å². The first-order chi connectivity index (χ1) is 14.4. The van der Waals surface area contributed by atoms with Gasteiger partial charge < -0.3 is 10.2 Å². The monoisotopic (exact) mass is 494 g/mol. The molecular formula is C23H28BrFN2O2S. The molecule has 0 saturated heterocycles. The molecule has 2 aromatic carbocycles. The summed E-state index contributed by atoms with van der Waals surface area (Å²) in [6.45, 7) is 4.75. The van der Waals surface area contributed by atoms with Gasteiger partial charge in [-0.3, -0.25) is 9.59 Å². The fraction of sp³-hybridized carbons (Fsp3) is 0.391. The second kappa shape index (κ2) is 12.7. The Bertz CT molecular complexity index is 832. The van der Waals surface area contributed by atoms with Crippen LogP contribution in [0, 0.1) is 5.82 Å². The van der Waals surface area contributed by atoms with E-state index in [-0.39, 0.29) is 23.4 Å². The Labute approximate surface area is 190 Å². The number of hydrogen-bond acceptors (Lipinski definition) is 3. The van der Waals surface area contributed by atoms with Gasteiger partial charge in [0, 0.05) is 23.3 Å². The summed E-state index contributed by atoms with van der Waals surface area (Å²) in [5, 5.41) is 2.91. The van der Waals surface area contributed by atoms with E-state index in [0.717, 1.165) is 22.9 Å². The van der Waals surface area contributed by atoms with Crippen molar-refractivity contribution >= 4 is 39.5 Å². The summed E-state index contributed by atoms with van der Waals surface area (Å²) in [5.41, 5.74) is 1.51. The van der Waals surface area contributed by atoms with Gasteiger partial charge in [-0.05, 0) is 42.7 Å². The highest BCUT2D eigenvalue weighted by Gasteiger charge is 2.25. The molecule has 2 amide bonds. The highest BCUT2D eigenvalue weighted by atomic mass is 79.9. The molecule has 7 heteroatoms. The lowest BCUT2D eigenvalue weighted by Crippen LogP contribution is -2.48. The molecule has 0 aliphatic carbocycles. The molecule has 0 spiro atoms. The van der Waals surface area contributed by atoms with Crippen molar-refractivity contribution in [2.24, 2.45) is 0 Å². The van der Waals surface area contributed by atoms with Gasteiger partial charge in [0.05, 0.1) is 5.75 Å². The number of nitrogens with one attached hydrogen (secondary N) is 1. The molecule has 2 rings (SSSR count). The van der Waals surface area contributed by atoms with E-state index < -0.39 is 6.04 Å². The maximum atomic E-state index is 13.8. The summed E-state index contributed by atoms with van der Waals surface area (Å²) in [7, 11) is 0. The molecule has 0 radical (unpaired) electrons. The van der Waals surface area contributed by atoms with Gasteiger partial charge in [-0.1, -0.05) is 59.6 Å². The number of carbonyl (C=O) groups excluding carboxylic acids is 2. The molecule has 1 atom stereocenters. The molecule has 1 N–H and O–H groups in total. The van der Waals surface area contributed by atoms with Crippen LogP contribution in [0.1, 0.15) is 37.8 Å². The van der Waals surface area contributed by atoms with Crippen molar-refractivity contribution in [3.05, 3.63) is 69.9 Å². The van der Waals surface area contributed by atoms with Crippen molar-refractivity contribution < 1.29 is 14.0 Å². The number of hydrogen-bond donors (Lipinski definition) is 1. The third kappa shape index (κ3) is 7.76. The van der Waals surface area contributed by atoms with Gasteiger partial charge in [0.15, 0.2) is 0 Å². The minimum Gasteiger partial charge on any atom is -0.354 e. The number of benzene rings is 2. The molecule has 0 fully saturated rings. The van der Waals surface area contributed by atoms with Crippen LogP contribution in [0.3, 0.4) is 0 Å². The standard InChI is InChI=1S/C23H28BrFN2O2S/c1-3-4-13-26-23(29)17(2)27(14-18-9-11-20(24)12-10-18)22(28)16-30-15-19-7-5-6-8-21(19)25/h5-12,17H,3-4,13-16H2,1-2H3,(H,26,29)/t17-/m0/s1. The van der Waals surface area contributed by atoms with Crippen molar-refractivity contribution in [3.8, 4) is 0 Å². The summed E-state index contributed by atoms with van der Waals surface area (Å²) in [6.07, 6.45) is 1.89. The lowest BCUT2D eigenvalue weighted by atomic mass is 10.1. The summed E-state index contributed by atoms with van der Waals surface area (Å²) < 4.78 is 14.8. The van der Waals surface area contributed by atoms with Crippen LogP contribution in [-0.2, 0) is 21.9 Å². The molecular weight excluding hydrogens is 467 g/mol. The summed E-state index contributed by atoms with van der Waals surface area (Å²) in [5.74, 6) is 0.0113. The van der Waals surface area contributed by atoms with Gasteiger partial charge >= 0.3 is 0 Å². The average Bonchev–Trinajstić information content (AvgIpc) is 2.74. The largest absolute Gasteiger partial charge is 0.354 e. The highest BCUT2D eigenvalue weighted by molar-refractivity contribution is 9.10. The molecule has 162 valence electrons. The normalized spacial score (nSPS) is 11.7. The van der Waals surface area contributed by atoms with E-state index in [0.29, 0.717) is 24.4 Å². The predicted octanol–water partition coefficient (Wildman–Crippen LogP) is 5.16. The first-order valence-corrected chi connectivity index (χ1v) is 12.0. The van der Waals surface area contributed by atoms with Crippen LogP contribution in [0.15, 0.2) is 53.0 Å². The fourth-order valence-corrected chi connectivity index (χ4v) is 4.01. The Hall–Kier alpha value is -1.86. The predicted molar refractivity (Wildman–Crippen MR) is 125 cm³/mol. The maximum Gasteiger partial charge on any atom is 0.242 e. The molecule has 0 aliphatic rings. The molecule has 2 aromatic rings. The van der Waals surface area contributed by atoms with Gasteiger partial charge in [-0.2, -0.15) is 0 Å². The van der Waals surface area contributed by atoms with Gasteiger partial charge in [-0.25, -0.2) is 4.39 Å². The van der Waals surface area contributed by atoms with E-state index in [1.165, 1.54) is 17.8 Å². The van der Waals surface area contributed by atoms with Gasteiger partial charge in [0.25, 0.3) is 0 Å². The lowest BCUT2D eigenvalue weighted by molar-refractivity contribution is -0.138. The highest BCUT2D eigenvalue weighted by Crippen LogP contribution is 2.18. The van der Waals surface area contributed by atoms with E-state index in [2.05, 4.69) is 28.2 Å². The van der Waals surface area contributed by atoms with Crippen molar-refractivity contribution in [2.45, 2.75) is 45.0 Å². The Balaban J connectivity index is 2.04. The van der Waals surface area contributed by atoms with E-state index in [1.807, 2.05) is 24.3 Å². The summed E-state index contributed by atoms with van der Waals surface area (Å²) >= 11 is 4.76. The zero-order valence-electron chi connectivity index (χ0n) is 17.4. The van der Waals surface area contributed by atoms with Crippen molar-refractivity contribution in [1.82, 2.24) is 10.2 Å². The molecule has 0 saturated carbocycles. The van der Waals surface area contributed by atoms with Gasteiger partial charge in [-0.15, -0.1) is 11.8 Å². The van der Waals surface area contributed by atoms with Crippen LogP contribution in [0.5, 0.6) is 0 Å². The Morgan fingerprint density at radius 3 is 2.53 bits per heavy atom. The number of halogens is 2. The minimum atomic E-state index is -0.591. The third-order valence-electron chi connectivity index (χ3n) is 4.70. The second-order valence-corrected chi connectivity index (χ2v) is 8.95. The quantitative estimate of drug-likeness (QED) is 0.439. The van der Waals surface area contributed by atoms with Gasteiger partial charge in [0.1, 0.15) is 11.9 Å². The first kappa shape index (κ1) is 24.4. The topological polar surface area (TPSA) is 49.4 Å². The molecule has 0 heterocycles. The Morgan fingerprint density at radius 2 is 1.87 bits per heavy atom. The van der Waals surface area contributed by atoms with Crippen molar-refractivity contribution in [3.63, 3.8) is 0 Å². The van der Waals surface area contributed by atoms with Crippen molar-refractivity contribution in [1.29, 1.82) is 0 Å². The van der Waals surface area contributed by atoms with E-state index in [4.69, 9.17) is 0 Å². The molecule has 4 nitrogen and oxygen atoms in total. The number of amides is 2. The fourth-order valence-electron chi connectivity index (χ4n) is 2.85. The zero-order valence-corrected chi connectivity index (χ0v) is 19.8. The number of nitrogens with zero attached hydrogens (tertiary/aromatic N) is 1. The zero-order chi connectivity index (χ0) is 21.9. The van der Waals surface area contributed by atoms with Gasteiger partial charge in [0.2, 0.25) is 11.8 Å². The first-order valence-electron chi connectivity index (χ1n) is 10.0. The molecule has 0 unspecified atom stereocenters. The van der Waals surface area contributed by atoms with Crippen LogP contribution >= 0.6 is 27.7 Å². The van der Waals surface area contributed by atoms with E-state index in [9.17, 15) is 14.0 Å².